The Morgan fingerprint density at radius 1 is 0.880 bits per heavy atom. The first-order chi connectivity index (χ1) is 12.2. The van der Waals surface area contributed by atoms with Crippen molar-refractivity contribution in [1.82, 2.24) is 4.90 Å². The molecule has 0 fully saturated rings. The van der Waals surface area contributed by atoms with Crippen LogP contribution in [0.1, 0.15) is 48.6 Å². The molecule has 0 N–H and O–H groups in total. The van der Waals surface area contributed by atoms with Gasteiger partial charge >= 0.3 is 0 Å². The van der Waals surface area contributed by atoms with E-state index < -0.39 is 0 Å². The zero-order valence-electron chi connectivity index (χ0n) is 13.4. The van der Waals surface area contributed by atoms with Crippen LogP contribution in [0.2, 0.25) is 0 Å². The van der Waals surface area contributed by atoms with Crippen LogP contribution in [-0.4, -0.2) is 29.0 Å². The zero-order valence-corrected chi connectivity index (χ0v) is 13.4. The SMILES string of the molecule is O=C1CC=Cc2c(C=CCN3C(=O)c4ccccc4C3=O)cccc21. The maximum atomic E-state index is 12.3. The van der Waals surface area contributed by atoms with Gasteiger partial charge in [0, 0.05) is 18.5 Å². The number of imide groups is 1. The standard InChI is InChI=1S/C21H15NO3/c23-19-12-4-10-15-14(6-3-11-16(15)19)7-5-13-22-20(24)17-8-1-2-9-18(17)21(22)25/h1-11H,12-13H2. The minimum atomic E-state index is -0.268. The highest BCUT2D eigenvalue weighted by molar-refractivity contribution is 6.21. The molecule has 0 atom stereocenters. The Hall–Kier alpha value is -3.27. The number of benzene rings is 2. The fourth-order valence-electron chi connectivity index (χ4n) is 3.24. The van der Waals surface area contributed by atoms with Gasteiger partial charge in [-0.1, -0.05) is 54.6 Å². The van der Waals surface area contributed by atoms with E-state index >= 15 is 0 Å². The maximum Gasteiger partial charge on any atom is 0.261 e. The summed E-state index contributed by atoms with van der Waals surface area (Å²) in [5.74, 6) is -0.432. The molecular formula is C21H15NO3. The van der Waals surface area contributed by atoms with Gasteiger partial charge in [-0.25, -0.2) is 0 Å². The van der Waals surface area contributed by atoms with Crippen molar-refractivity contribution < 1.29 is 14.4 Å². The van der Waals surface area contributed by atoms with E-state index in [0.29, 0.717) is 23.1 Å². The summed E-state index contributed by atoms with van der Waals surface area (Å²) in [4.78, 5) is 37.9. The van der Waals surface area contributed by atoms with Crippen molar-refractivity contribution in [3.05, 3.63) is 82.4 Å². The smallest absolute Gasteiger partial charge is 0.261 e. The minimum Gasteiger partial charge on any atom is -0.294 e. The maximum absolute atomic E-state index is 12.3. The van der Waals surface area contributed by atoms with E-state index in [0.717, 1.165) is 11.1 Å². The molecule has 25 heavy (non-hydrogen) atoms. The van der Waals surface area contributed by atoms with Gasteiger partial charge in [0.1, 0.15) is 0 Å². The molecule has 0 saturated heterocycles. The zero-order chi connectivity index (χ0) is 17.4. The van der Waals surface area contributed by atoms with E-state index in [2.05, 4.69) is 0 Å². The molecule has 0 aromatic heterocycles. The number of carbonyl (C=O) groups excluding carboxylic acids is 3. The highest BCUT2D eigenvalue weighted by atomic mass is 16.2. The number of Topliss-reactive ketones (excluding diaryl/α,β-unsaturated/α-hetero) is 1. The highest BCUT2D eigenvalue weighted by Crippen LogP contribution is 2.25. The molecule has 2 aromatic carbocycles. The van der Waals surface area contributed by atoms with E-state index in [1.54, 1.807) is 30.3 Å². The summed E-state index contributed by atoms with van der Waals surface area (Å²) in [6.45, 7) is 0.202. The van der Waals surface area contributed by atoms with Crippen molar-refractivity contribution in [3.63, 3.8) is 0 Å². The third-order valence-electron chi connectivity index (χ3n) is 4.49. The monoisotopic (exact) mass is 329 g/mol. The molecule has 2 amide bonds. The van der Waals surface area contributed by atoms with Gasteiger partial charge in [0.2, 0.25) is 0 Å². The van der Waals surface area contributed by atoms with Crippen LogP contribution in [0.5, 0.6) is 0 Å². The van der Waals surface area contributed by atoms with Crippen molar-refractivity contribution in [2.24, 2.45) is 0 Å². The highest BCUT2D eigenvalue weighted by Gasteiger charge is 2.34. The number of fused-ring (bicyclic) bond motifs is 2. The Labute approximate surface area is 145 Å². The van der Waals surface area contributed by atoms with Crippen LogP contribution in [0.4, 0.5) is 0 Å². The van der Waals surface area contributed by atoms with Crippen LogP contribution >= 0.6 is 0 Å². The molecule has 1 heterocycles. The van der Waals surface area contributed by atoms with Crippen molar-refractivity contribution in [2.45, 2.75) is 6.42 Å². The molecule has 1 aliphatic carbocycles. The lowest BCUT2D eigenvalue weighted by molar-refractivity contribution is 0.0672. The van der Waals surface area contributed by atoms with Gasteiger partial charge in [0.15, 0.2) is 5.78 Å². The fourth-order valence-corrected chi connectivity index (χ4v) is 3.24. The topological polar surface area (TPSA) is 54.5 Å². The summed E-state index contributed by atoms with van der Waals surface area (Å²) in [6, 6.07) is 12.4. The first-order valence-corrected chi connectivity index (χ1v) is 8.11. The van der Waals surface area contributed by atoms with Gasteiger partial charge in [-0.15, -0.1) is 0 Å². The van der Waals surface area contributed by atoms with Crippen molar-refractivity contribution in [3.8, 4) is 0 Å². The number of carbonyl (C=O) groups is 3. The lowest BCUT2D eigenvalue weighted by atomic mass is 9.92. The van der Waals surface area contributed by atoms with E-state index in [-0.39, 0.29) is 24.1 Å². The van der Waals surface area contributed by atoms with Gasteiger partial charge < -0.3 is 0 Å². The molecular weight excluding hydrogens is 314 g/mol. The summed E-state index contributed by atoms with van der Waals surface area (Å²) in [5.41, 5.74) is 3.40. The molecule has 2 aliphatic rings. The Balaban J connectivity index is 1.57. The predicted molar refractivity (Wildman–Crippen MR) is 95.3 cm³/mol. The van der Waals surface area contributed by atoms with Crippen LogP contribution in [0.3, 0.4) is 0 Å². The number of allylic oxidation sites excluding steroid dienone is 1. The Bertz CT molecular complexity index is 934. The molecule has 0 spiro atoms. The van der Waals surface area contributed by atoms with Gasteiger partial charge in [0.25, 0.3) is 11.8 Å². The first-order valence-electron chi connectivity index (χ1n) is 8.11. The van der Waals surface area contributed by atoms with Gasteiger partial charge in [0.05, 0.1) is 11.1 Å². The Morgan fingerprint density at radius 2 is 1.56 bits per heavy atom. The van der Waals surface area contributed by atoms with Crippen LogP contribution in [0.25, 0.3) is 12.2 Å². The second kappa shape index (κ2) is 5.98. The average Bonchev–Trinajstić information content (AvgIpc) is 2.88. The summed E-state index contributed by atoms with van der Waals surface area (Å²) in [5, 5.41) is 0. The number of hydrogen-bond donors (Lipinski definition) is 0. The molecule has 0 bridgehead atoms. The molecule has 1 aliphatic heterocycles. The molecule has 0 radical (unpaired) electrons. The average molecular weight is 329 g/mol. The summed E-state index contributed by atoms with van der Waals surface area (Å²) >= 11 is 0. The van der Waals surface area contributed by atoms with E-state index in [9.17, 15) is 14.4 Å². The molecule has 4 heteroatoms. The first kappa shape index (κ1) is 15.3. The lowest BCUT2D eigenvalue weighted by Crippen LogP contribution is -2.29. The quantitative estimate of drug-likeness (QED) is 0.809. The number of amides is 2. The van der Waals surface area contributed by atoms with Crippen LogP contribution in [0.15, 0.2) is 54.6 Å². The molecule has 0 saturated carbocycles. The molecule has 0 unspecified atom stereocenters. The number of hydrogen-bond acceptors (Lipinski definition) is 3. The summed E-state index contributed by atoms with van der Waals surface area (Å²) in [7, 11) is 0. The third kappa shape index (κ3) is 2.52. The Morgan fingerprint density at radius 3 is 2.28 bits per heavy atom. The van der Waals surface area contributed by atoms with Crippen LogP contribution in [-0.2, 0) is 0 Å². The number of ketones is 1. The molecule has 4 nitrogen and oxygen atoms in total. The minimum absolute atomic E-state index is 0.105. The number of rotatable bonds is 3. The third-order valence-corrected chi connectivity index (χ3v) is 4.49. The number of nitrogens with zero attached hydrogens (tertiary/aromatic N) is 1. The van der Waals surface area contributed by atoms with Crippen molar-refractivity contribution in [1.29, 1.82) is 0 Å². The van der Waals surface area contributed by atoms with E-state index in [1.807, 2.05) is 36.4 Å². The van der Waals surface area contributed by atoms with Gasteiger partial charge in [-0.2, -0.15) is 0 Å². The van der Waals surface area contributed by atoms with Crippen molar-refractivity contribution >= 4 is 29.7 Å². The van der Waals surface area contributed by atoms with E-state index in [1.165, 1.54) is 4.90 Å². The Kier molecular flexibility index (Phi) is 3.65. The molecule has 2 aromatic rings. The normalized spacial score (nSPS) is 15.8. The van der Waals surface area contributed by atoms with Crippen LogP contribution < -0.4 is 0 Å². The second-order valence-electron chi connectivity index (χ2n) is 6.01. The van der Waals surface area contributed by atoms with Gasteiger partial charge in [-0.05, 0) is 23.3 Å². The fraction of sp³-hybridized carbons (Fsp3) is 0.0952. The summed E-state index contributed by atoms with van der Waals surface area (Å²) in [6.07, 6.45) is 7.86. The molecule has 4 rings (SSSR count). The second-order valence-corrected chi connectivity index (χ2v) is 6.01. The predicted octanol–water partition coefficient (Wildman–Crippen LogP) is 3.60. The van der Waals surface area contributed by atoms with Crippen LogP contribution in [0, 0.1) is 0 Å². The lowest BCUT2D eigenvalue weighted by Gasteiger charge is -2.13. The van der Waals surface area contributed by atoms with E-state index in [4.69, 9.17) is 0 Å². The largest absolute Gasteiger partial charge is 0.294 e. The van der Waals surface area contributed by atoms with Crippen molar-refractivity contribution in [2.75, 3.05) is 6.54 Å². The van der Waals surface area contributed by atoms with Gasteiger partial charge in [-0.3, -0.25) is 19.3 Å². The molecule has 122 valence electrons. The summed E-state index contributed by atoms with van der Waals surface area (Å²) < 4.78 is 0.